The van der Waals surface area contributed by atoms with Crippen LogP contribution in [0.2, 0.25) is 0 Å². The third-order valence-corrected chi connectivity index (χ3v) is 5.17. The zero-order valence-electron chi connectivity index (χ0n) is 13.6. The van der Waals surface area contributed by atoms with E-state index in [0.717, 1.165) is 23.0 Å². The van der Waals surface area contributed by atoms with E-state index in [1.165, 1.54) is 31.0 Å². The lowest BCUT2D eigenvalue weighted by atomic mass is 10.1. The monoisotopic (exact) mass is 330 g/mol. The summed E-state index contributed by atoms with van der Waals surface area (Å²) in [5, 5.41) is 0.861. The number of hydrogen-bond acceptors (Lipinski definition) is 4. The lowest BCUT2D eigenvalue weighted by Crippen LogP contribution is -2.40. The van der Waals surface area contributed by atoms with Gasteiger partial charge in [-0.2, -0.15) is 4.99 Å². The Labute approximate surface area is 141 Å². The van der Waals surface area contributed by atoms with Gasteiger partial charge in [0.1, 0.15) is 5.75 Å². The molecule has 0 bridgehead atoms. The van der Waals surface area contributed by atoms with Gasteiger partial charge in [0.05, 0.1) is 11.5 Å². The molecule has 4 nitrogen and oxygen atoms in total. The molecule has 1 saturated heterocycles. The van der Waals surface area contributed by atoms with Gasteiger partial charge in [0.2, 0.25) is 0 Å². The molecule has 23 heavy (non-hydrogen) atoms. The van der Waals surface area contributed by atoms with Crippen LogP contribution in [0.15, 0.2) is 34.2 Å². The van der Waals surface area contributed by atoms with Gasteiger partial charge in [-0.3, -0.25) is 4.79 Å². The average Bonchev–Trinajstić information content (AvgIpc) is 2.91. The number of benzene rings is 1. The van der Waals surface area contributed by atoms with Crippen LogP contribution in [-0.4, -0.2) is 35.2 Å². The second-order valence-corrected chi connectivity index (χ2v) is 6.86. The highest BCUT2D eigenvalue weighted by molar-refractivity contribution is 8.18. The summed E-state index contributed by atoms with van der Waals surface area (Å²) in [6.07, 6.45) is 5.52. The summed E-state index contributed by atoms with van der Waals surface area (Å²) in [5.41, 5.74) is 0.993. The first-order valence-electron chi connectivity index (χ1n) is 8.19. The molecule has 2 aliphatic heterocycles. The number of amidine groups is 1. The fraction of sp³-hybridized carbons (Fsp3) is 0.444. The highest BCUT2D eigenvalue weighted by Crippen LogP contribution is 2.33. The topological polar surface area (TPSA) is 41.9 Å². The number of aliphatic imine (C=N–C) groups is 1. The number of carbonyl (C=O) groups is 1. The minimum Gasteiger partial charge on any atom is -0.494 e. The van der Waals surface area contributed by atoms with Gasteiger partial charge in [-0.25, -0.2) is 0 Å². The number of amides is 1. The Balaban J connectivity index is 1.71. The van der Waals surface area contributed by atoms with E-state index in [0.29, 0.717) is 17.6 Å². The summed E-state index contributed by atoms with van der Waals surface area (Å²) < 4.78 is 5.44. The Kier molecular flexibility index (Phi) is 5.06. The van der Waals surface area contributed by atoms with Crippen LogP contribution < -0.4 is 4.74 Å². The third kappa shape index (κ3) is 3.78. The van der Waals surface area contributed by atoms with Crippen LogP contribution in [0, 0.1) is 0 Å². The molecule has 1 aromatic rings. The summed E-state index contributed by atoms with van der Waals surface area (Å²) in [7, 11) is 0. The largest absolute Gasteiger partial charge is 0.494 e. The molecule has 1 aromatic carbocycles. The van der Waals surface area contributed by atoms with Gasteiger partial charge in [0.15, 0.2) is 5.17 Å². The molecule has 3 rings (SSSR count). The highest BCUT2D eigenvalue weighted by Gasteiger charge is 2.29. The number of likely N-dealkylation sites (tertiary alicyclic amines) is 1. The van der Waals surface area contributed by atoms with E-state index < -0.39 is 0 Å². The summed E-state index contributed by atoms with van der Waals surface area (Å²) in [6.45, 7) is 5.82. The minimum atomic E-state index is -0.128. The van der Waals surface area contributed by atoms with E-state index in [-0.39, 0.29) is 5.91 Å². The maximum Gasteiger partial charge on any atom is 0.286 e. The molecule has 0 unspecified atom stereocenters. The summed E-state index contributed by atoms with van der Waals surface area (Å²) in [5.74, 6) is 0.718. The van der Waals surface area contributed by atoms with Gasteiger partial charge in [-0.1, -0.05) is 12.1 Å². The SMILES string of the molecule is CCOc1ccc(/C=C2\SC(N3CCCC[C@H]3C)=NC2=O)cc1. The van der Waals surface area contributed by atoms with Crippen molar-refractivity contribution < 1.29 is 9.53 Å². The molecule has 1 atom stereocenters. The minimum absolute atomic E-state index is 0.128. The van der Waals surface area contributed by atoms with E-state index in [1.807, 2.05) is 37.3 Å². The summed E-state index contributed by atoms with van der Waals surface area (Å²) in [6, 6.07) is 8.25. The van der Waals surface area contributed by atoms with Gasteiger partial charge in [-0.05, 0) is 68.6 Å². The van der Waals surface area contributed by atoms with Crippen LogP contribution in [0.5, 0.6) is 5.75 Å². The number of ether oxygens (including phenoxy) is 1. The molecule has 1 fully saturated rings. The van der Waals surface area contributed by atoms with E-state index in [1.54, 1.807) is 0 Å². The van der Waals surface area contributed by atoms with Gasteiger partial charge in [0, 0.05) is 12.6 Å². The maximum absolute atomic E-state index is 12.2. The zero-order valence-corrected chi connectivity index (χ0v) is 14.4. The smallest absolute Gasteiger partial charge is 0.286 e. The summed E-state index contributed by atoms with van der Waals surface area (Å²) >= 11 is 1.49. The van der Waals surface area contributed by atoms with E-state index in [4.69, 9.17) is 4.74 Å². The summed E-state index contributed by atoms with van der Waals surface area (Å²) in [4.78, 5) is 19.4. The third-order valence-electron chi connectivity index (χ3n) is 4.15. The molecular formula is C18H22N2O2S. The molecular weight excluding hydrogens is 308 g/mol. The number of rotatable bonds is 3. The Hall–Kier alpha value is -1.75. The standard InChI is InChI=1S/C18H22N2O2S/c1-3-22-15-9-7-14(8-10-15)12-16-17(21)19-18(23-16)20-11-5-4-6-13(20)2/h7-10,12-13H,3-6,11H2,1-2H3/b16-12-/t13-/m1/s1. The zero-order chi connectivity index (χ0) is 16.2. The molecule has 0 spiro atoms. The van der Waals surface area contributed by atoms with Gasteiger partial charge in [-0.15, -0.1) is 0 Å². The van der Waals surface area contributed by atoms with Crippen LogP contribution in [0.1, 0.15) is 38.7 Å². The van der Waals surface area contributed by atoms with Crippen LogP contribution in [-0.2, 0) is 4.79 Å². The van der Waals surface area contributed by atoms with E-state index >= 15 is 0 Å². The van der Waals surface area contributed by atoms with Crippen molar-refractivity contribution >= 4 is 28.9 Å². The van der Waals surface area contributed by atoms with Crippen molar-refractivity contribution in [2.45, 2.75) is 39.2 Å². The first-order chi connectivity index (χ1) is 11.2. The number of thioether (sulfide) groups is 1. The molecule has 0 aromatic heterocycles. The molecule has 0 aliphatic carbocycles. The number of carbonyl (C=O) groups excluding carboxylic acids is 1. The normalized spacial score (nSPS) is 23.3. The predicted molar refractivity (Wildman–Crippen MR) is 95.6 cm³/mol. The maximum atomic E-state index is 12.2. The molecule has 0 N–H and O–H groups in total. The lowest BCUT2D eigenvalue weighted by molar-refractivity contribution is -0.113. The Morgan fingerprint density at radius 3 is 2.83 bits per heavy atom. The van der Waals surface area contributed by atoms with Crippen LogP contribution in [0.3, 0.4) is 0 Å². The number of hydrogen-bond donors (Lipinski definition) is 0. The van der Waals surface area contributed by atoms with Crippen LogP contribution >= 0.6 is 11.8 Å². The van der Waals surface area contributed by atoms with E-state index in [2.05, 4.69) is 16.8 Å². The average molecular weight is 330 g/mol. The fourth-order valence-electron chi connectivity index (χ4n) is 2.88. The van der Waals surface area contributed by atoms with Crippen LogP contribution in [0.25, 0.3) is 6.08 Å². The lowest BCUT2D eigenvalue weighted by Gasteiger charge is -2.34. The Morgan fingerprint density at radius 2 is 2.13 bits per heavy atom. The number of piperidine rings is 1. The van der Waals surface area contributed by atoms with Crippen molar-refractivity contribution in [1.29, 1.82) is 0 Å². The molecule has 0 saturated carbocycles. The second-order valence-electron chi connectivity index (χ2n) is 5.85. The van der Waals surface area contributed by atoms with Gasteiger partial charge in [0.25, 0.3) is 5.91 Å². The van der Waals surface area contributed by atoms with Crippen molar-refractivity contribution in [2.75, 3.05) is 13.2 Å². The molecule has 2 aliphatic rings. The molecule has 2 heterocycles. The first kappa shape index (κ1) is 16.1. The van der Waals surface area contributed by atoms with Crippen molar-refractivity contribution in [1.82, 2.24) is 4.90 Å². The van der Waals surface area contributed by atoms with Crippen molar-refractivity contribution in [3.8, 4) is 5.75 Å². The van der Waals surface area contributed by atoms with Crippen molar-refractivity contribution in [3.05, 3.63) is 34.7 Å². The molecule has 5 heteroatoms. The van der Waals surface area contributed by atoms with Crippen molar-refractivity contribution in [2.24, 2.45) is 4.99 Å². The second kappa shape index (κ2) is 7.21. The number of nitrogens with zero attached hydrogens (tertiary/aromatic N) is 2. The Morgan fingerprint density at radius 1 is 1.35 bits per heavy atom. The quantitative estimate of drug-likeness (QED) is 0.788. The van der Waals surface area contributed by atoms with Gasteiger partial charge < -0.3 is 9.64 Å². The molecule has 122 valence electrons. The van der Waals surface area contributed by atoms with Gasteiger partial charge >= 0.3 is 0 Å². The Bertz CT molecular complexity index is 637. The van der Waals surface area contributed by atoms with E-state index in [9.17, 15) is 4.79 Å². The predicted octanol–water partition coefficient (Wildman–Crippen LogP) is 3.93. The molecule has 0 radical (unpaired) electrons. The van der Waals surface area contributed by atoms with Crippen LogP contribution in [0.4, 0.5) is 0 Å². The van der Waals surface area contributed by atoms with Crippen molar-refractivity contribution in [3.63, 3.8) is 0 Å². The fourth-order valence-corrected chi connectivity index (χ4v) is 3.92. The highest BCUT2D eigenvalue weighted by atomic mass is 32.2. The first-order valence-corrected chi connectivity index (χ1v) is 9.01. The molecule has 1 amide bonds.